The molecule has 1 saturated heterocycles. The van der Waals surface area contributed by atoms with Gasteiger partial charge >= 0.3 is 0 Å². The smallest absolute Gasteiger partial charge is 0.193 e. The summed E-state index contributed by atoms with van der Waals surface area (Å²) in [6, 6.07) is 8.22. The predicted octanol–water partition coefficient (Wildman–Crippen LogP) is 3.79. The number of nitrogens with one attached hydrogen (secondary N) is 2. The van der Waals surface area contributed by atoms with Crippen LogP contribution in [0.2, 0.25) is 0 Å². The Morgan fingerprint density at radius 2 is 2.07 bits per heavy atom. The second-order valence-electron chi connectivity index (χ2n) is 6.29. The fourth-order valence-corrected chi connectivity index (χ4v) is 4.06. The number of aliphatic imine (C=N–C) groups is 1. The zero-order chi connectivity index (χ0) is 18.2. The molecule has 0 radical (unpaired) electrons. The molecule has 3 rings (SSSR count). The maximum absolute atomic E-state index is 5.74. The number of fused-ring (bicyclic) bond motifs is 1. The van der Waals surface area contributed by atoms with Crippen LogP contribution in [0.5, 0.6) is 0 Å². The van der Waals surface area contributed by atoms with E-state index in [-0.39, 0.29) is 24.0 Å². The zero-order valence-corrected chi connectivity index (χ0v) is 19.3. The highest BCUT2D eigenvalue weighted by Gasteiger charge is 2.21. The van der Waals surface area contributed by atoms with E-state index < -0.39 is 0 Å². The molecular formula is C19H30IN5OS. The number of likely N-dealkylation sites (tertiary alicyclic amines) is 1. The first-order chi connectivity index (χ1) is 12.8. The third-order valence-electron chi connectivity index (χ3n) is 4.42. The summed E-state index contributed by atoms with van der Waals surface area (Å²) < 4.78 is 6.95. The lowest BCUT2D eigenvalue weighted by atomic mass is 10.1. The summed E-state index contributed by atoms with van der Waals surface area (Å²) in [5.74, 6) is 1.01. The van der Waals surface area contributed by atoms with Crippen molar-refractivity contribution in [3.05, 3.63) is 24.3 Å². The van der Waals surface area contributed by atoms with E-state index in [4.69, 9.17) is 9.73 Å². The van der Waals surface area contributed by atoms with Gasteiger partial charge < -0.3 is 20.3 Å². The van der Waals surface area contributed by atoms with Crippen molar-refractivity contribution < 1.29 is 4.74 Å². The summed E-state index contributed by atoms with van der Waals surface area (Å²) in [7, 11) is 0. The first-order valence-electron chi connectivity index (χ1n) is 9.54. The number of hydrogen-bond donors (Lipinski definition) is 2. The first kappa shape index (κ1) is 22.2. The van der Waals surface area contributed by atoms with Crippen molar-refractivity contribution in [1.82, 2.24) is 15.2 Å². The van der Waals surface area contributed by atoms with Crippen LogP contribution in [0.3, 0.4) is 0 Å². The Balaban J connectivity index is 0.00000261. The molecule has 1 fully saturated rings. The number of thiazole rings is 1. The maximum atomic E-state index is 5.74. The molecular weight excluding hydrogens is 473 g/mol. The number of aromatic nitrogens is 1. The summed E-state index contributed by atoms with van der Waals surface area (Å²) in [6.07, 6.45) is 2.55. The largest absolute Gasteiger partial charge is 0.378 e. The van der Waals surface area contributed by atoms with Crippen molar-refractivity contribution in [3.8, 4) is 0 Å². The van der Waals surface area contributed by atoms with Gasteiger partial charge in [0.05, 0.1) is 22.9 Å². The van der Waals surface area contributed by atoms with Crippen LogP contribution in [0.1, 0.15) is 26.7 Å². The van der Waals surface area contributed by atoms with E-state index in [0.717, 1.165) is 68.8 Å². The summed E-state index contributed by atoms with van der Waals surface area (Å²) in [6.45, 7) is 9.38. The molecule has 6 nitrogen and oxygen atoms in total. The molecule has 2 aromatic rings. The summed E-state index contributed by atoms with van der Waals surface area (Å²) in [5, 5.41) is 7.77. The number of benzene rings is 1. The van der Waals surface area contributed by atoms with Crippen molar-refractivity contribution >= 4 is 56.6 Å². The summed E-state index contributed by atoms with van der Waals surface area (Å²) in [5.41, 5.74) is 1.05. The van der Waals surface area contributed by atoms with Gasteiger partial charge in [0, 0.05) is 32.8 Å². The van der Waals surface area contributed by atoms with Gasteiger partial charge in [-0.05, 0) is 38.8 Å². The quantitative estimate of drug-likeness (QED) is 0.261. The molecule has 1 aliphatic heterocycles. The first-order valence-corrected chi connectivity index (χ1v) is 10.4. The third kappa shape index (κ3) is 6.46. The molecule has 0 bridgehead atoms. The van der Waals surface area contributed by atoms with Crippen molar-refractivity contribution in [1.29, 1.82) is 0 Å². The molecule has 8 heteroatoms. The molecule has 0 spiro atoms. The fourth-order valence-electron chi connectivity index (χ4n) is 3.17. The molecule has 0 saturated carbocycles. The molecule has 2 N–H and O–H groups in total. The second-order valence-corrected chi connectivity index (χ2v) is 7.32. The van der Waals surface area contributed by atoms with Gasteiger partial charge in [-0.15, -0.1) is 24.0 Å². The second kappa shape index (κ2) is 11.7. The summed E-state index contributed by atoms with van der Waals surface area (Å²) in [4.78, 5) is 11.7. The molecule has 0 unspecified atom stereocenters. The number of ether oxygens (including phenoxy) is 1. The normalized spacial score (nSPS) is 15.6. The van der Waals surface area contributed by atoms with Crippen molar-refractivity contribution in [2.45, 2.75) is 32.8 Å². The van der Waals surface area contributed by atoms with Crippen LogP contribution in [0.4, 0.5) is 5.13 Å². The van der Waals surface area contributed by atoms with Gasteiger partial charge in [-0.1, -0.05) is 23.5 Å². The van der Waals surface area contributed by atoms with Gasteiger partial charge in [0.2, 0.25) is 0 Å². The fraction of sp³-hybridized carbons (Fsp3) is 0.579. The van der Waals surface area contributed by atoms with Crippen LogP contribution >= 0.6 is 35.3 Å². The van der Waals surface area contributed by atoms with Crippen LogP contribution in [0, 0.1) is 0 Å². The maximum Gasteiger partial charge on any atom is 0.193 e. The Kier molecular flexibility index (Phi) is 9.57. The molecule has 0 atom stereocenters. The Bertz CT molecular complexity index is 682. The zero-order valence-electron chi connectivity index (χ0n) is 16.1. The number of nitrogens with zero attached hydrogens (tertiary/aromatic N) is 3. The van der Waals surface area contributed by atoms with E-state index in [1.807, 2.05) is 18.2 Å². The van der Waals surface area contributed by atoms with Crippen molar-refractivity contribution in [2.24, 2.45) is 4.99 Å². The lowest BCUT2D eigenvalue weighted by molar-refractivity contribution is 0.0264. The van der Waals surface area contributed by atoms with E-state index in [1.165, 1.54) is 4.70 Å². The van der Waals surface area contributed by atoms with Gasteiger partial charge in [0.15, 0.2) is 11.1 Å². The van der Waals surface area contributed by atoms with Crippen LogP contribution in [0.15, 0.2) is 29.3 Å². The molecule has 1 aliphatic rings. The number of piperidine rings is 1. The Hall–Kier alpha value is -1.13. The monoisotopic (exact) mass is 503 g/mol. The molecule has 0 amide bonds. The summed E-state index contributed by atoms with van der Waals surface area (Å²) >= 11 is 1.69. The number of para-hydroxylation sites is 1. The van der Waals surface area contributed by atoms with E-state index in [9.17, 15) is 0 Å². The van der Waals surface area contributed by atoms with Crippen LogP contribution in [-0.2, 0) is 4.74 Å². The van der Waals surface area contributed by atoms with E-state index in [1.54, 1.807) is 11.3 Å². The van der Waals surface area contributed by atoms with Crippen LogP contribution in [-0.4, -0.2) is 61.3 Å². The van der Waals surface area contributed by atoms with E-state index >= 15 is 0 Å². The number of guanidine groups is 1. The molecule has 1 aromatic carbocycles. The average Bonchev–Trinajstić information content (AvgIpc) is 3.08. The number of anilines is 1. The van der Waals surface area contributed by atoms with Gasteiger partial charge in [0.1, 0.15) is 0 Å². The minimum Gasteiger partial charge on any atom is -0.378 e. The topological polar surface area (TPSA) is 61.8 Å². The minimum atomic E-state index is 0. The van der Waals surface area contributed by atoms with Gasteiger partial charge in [-0.3, -0.25) is 4.99 Å². The number of halogens is 1. The van der Waals surface area contributed by atoms with E-state index in [2.05, 4.69) is 40.4 Å². The lowest BCUT2D eigenvalue weighted by Crippen LogP contribution is -2.47. The highest BCUT2D eigenvalue weighted by Crippen LogP contribution is 2.25. The molecule has 27 heavy (non-hydrogen) atoms. The Morgan fingerprint density at radius 1 is 1.30 bits per heavy atom. The average molecular weight is 503 g/mol. The van der Waals surface area contributed by atoms with Crippen molar-refractivity contribution in [3.63, 3.8) is 0 Å². The van der Waals surface area contributed by atoms with Crippen molar-refractivity contribution in [2.75, 3.05) is 44.6 Å². The highest BCUT2D eigenvalue weighted by atomic mass is 127. The van der Waals surface area contributed by atoms with E-state index in [0.29, 0.717) is 6.10 Å². The molecule has 2 heterocycles. The number of hydrogen-bond acceptors (Lipinski definition) is 5. The highest BCUT2D eigenvalue weighted by molar-refractivity contribution is 14.0. The Labute approximate surface area is 182 Å². The number of rotatable bonds is 7. The standard InChI is InChI=1S/C19H29N5OS.HI/c1-3-20-18(24-13-9-15(10-14-24)25-4-2)21-11-12-22-19-23-16-7-5-6-8-17(16)26-19;/h5-8,15H,3-4,9-14H2,1-2H3,(H,20,21)(H,22,23);1H. The lowest BCUT2D eigenvalue weighted by Gasteiger charge is -2.34. The molecule has 150 valence electrons. The van der Waals surface area contributed by atoms with Crippen LogP contribution in [0.25, 0.3) is 10.2 Å². The molecule has 1 aromatic heterocycles. The van der Waals surface area contributed by atoms with Gasteiger partial charge in [0.25, 0.3) is 0 Å². The van der Waals surface area contributed by atoms with Gasteiger partial charge in [-0.2, -0.15) is 0 Å². The SMILES string of the molecule is CCNC(=NCCNc1nc2ccccc2s1)N1CCC(OCC)CC1.I. The predicted molar refractivity (Wildman–Crippen MR) is 126 cm³/mol. The van der Waals surface area contributed by atoms with Gasteiger partial charge in [-0.25, -0.2) is 4.98 Å². The minimum absolute atomic E-state index is 0. The third-order valence-corrected chi connectivity index (χ3v) is 5.42. The van der Waals surface area contributed by atoms with Crippen LogP contribution < -0.4 is 10.6 Å². The molecule has 0 aliphatic carbocycles. The Morgan fingerprint density at radius 3 is 2.78 bits per heavy atom.